The number of carbonyl (C=O) groups excluding carboxylic acids is 2. The highest BCUT2D eigenvalue weighted by Gasteiger charge is 2.23. The summed E-state index contributed by atoms with van der Waals surface area (Å²) in [5.41, 5.74) is 6.52. The van der Waals surface area contributed by atoms with Crippen molar-refractivity contribution in [2.24, 2.45) is 0 Å². The molecule has 6 nitrogen and oxygen atoms in total. The summed E-state index contributed by atoms with van der Waals surface area (Å²) in [6.07, 6.45) is 0.446. The number of carboxylic acid groups (broad SMARTS) is 1. The Labute approximate surface area is 241 Å². The molecule has 0 aliphatic carbocycles. The highest BCUT2D eigenvalue weighted by molar-refractivity contribution is 6.06. The SMILES string of the molecule is Cc1ccc(CCN(CCC(=O)O)C(=O)c2ccccc2-c2ccccc2C(=O)N[C@H](C)c2ccc(C)cc2)cc1. The van der Waals surface area contributed by atoms with Crippen LogP contribution < -0.4 is 5.32 Å². The first-order valence-electron chi connectivity index (χ1n) is 13.9. The second-order valence-corrected chi connectivity index (χ2v) is 10.4. The Hall–Kier alpha value is -4.71. The third kappa shape index (κ3) is 7.70. The lowest BCUT2D eigenvalue weighted by Crippen LogP contribution is -2.35. The molecule has 41 heavy (non-hydrogen) atoms. The van der Waals surface area contributed by atoms with Crippen molar-refractivity contribution in [3.05, 3.63) is 130 Å². The van der Waals surface area contributed by atoms with Crippen molar-refractivity contribution in [3.8, 4) is 11.1 Å². The van der Waals surface area contributed by atoms with Gasteiger partial charge in [0.25, 0.3) is 11.8 Å². The molecule has 0 fully saturated rings. The molecule has 0 heterocycles. The third-order valence-corrected chi connectivity index (χ3v) is 7.22. The monoisotopic (exact) mass is 548 g/mol. The lowest BCUT2D eigenvalue weighted by atomic mass is 9.94. The minimum absolute atomic E-state index is 0.0879. The summed E-state index contributed by atoms with van der Waals surface area (Å²) in [5.74, 6) is -1.47. The summed E-state index contributed by atoms with van der Waals surface area (Å²) in [7, 11) is 0. The molecular formula is C35H36N2O4. The van der Waals surface area contributed by atoms with Crippen molar-refractivity contribution in [1.82, 2.24) is 10.2 Å². The topological polar surface area (TPSA) is 86.7 Å². The zero-order chi connectivity index (χ0) is 29.4. The largest absolute Gasteiger partial charge is 0.481 e. The molecule has 2 amide bonds. The molecule has 0 aliphatic heterocycles. The van der Waals surface area contributed by atoms with Crippen LogP contribution >= 0.6 is 0 Å². The fourth-order valence-electron chi connectivity index (χ4n) is 4.77. The van der Waals surface area contributed by atoms with E-state index in [0.29, 0.717) is 35.2 Å². The Bertz CT molecular complexity index is 1510. The van der Waals surface area contributed by atoms with E-state index in [1.807, 2.05) is 93.6 Å². The van der Waals surface area contributed by atoms with Crippen LogP contribution in [0, 0.1) is 13.8 Å². The van der Waals surface area contributed by atoms with Crippen molar-refractivity contribution in [2.75, 3.05) is 13.1 Å². The normalized spacial score (nSPS) is 11.5. The van der Waals surface area contributed by atoms with E-state index < -0.39 is 5.97 Å². The minimum Gasteiger partial charge on any atom is -0.481 e. The number of aryl methyl sites for hydroxylation is 2. The van der Waals surface area contributed by atoms with E-state index in [0.717, 1.165) is 22.3 Å². The number of rotatable bonds is 11. The van der Waals surface area contributed by atoms with Gasteiger partial charge in [-0.25, -0.2) is 0 Å². The van der Waals surface area contributed by atoms with Crippen LogP contribution in [0.3, 0.4) is 0 Å². The average Bonchev–Trinajstić information content (AvgIpc) is 2.98. The first-order valence-corrected chi connectivity index (χ1v) is 13.9. The van der Waals surface area contributed by atoms with Crippen LogP contribution in [0.4, 0.5) is 0 Å². The zero-order valence-electron chi connectivity index (χ0n) is 23.8. The fraction of sp³-hybridized carbons (Fsp3) is 0.229. The predicted molar refractivity (Wildman–Crippen MR) is 162 cm³/mol. The second-order valence-electron chi connectivity index (χ2n) is 10.4. The van der Waals surface area contributed by atoms with Crippen molar-refractivity contribution in [2.45, 2.75) is 39.7 Å². The molecule has 2 N–H and O–H groups in total. The van der Waals surface area contributed by atoms with Gasteiger partial charge in [-0.3, -0.25) is 14.4 Å². The van der Waals surface area contributed by atoms with Gasteiger partial charge < -0.3 is 15.3 Å². The third-order valence-electron chi connectivity index (χ3n) is 7.22. The van der Waals surface area contributed by atoms with E-state index in [1.54, 1.807) is 29.2 Å². The van der Waals surface area contributed by atoms with Gasteiger partial charge >= 0.3 is 5.97 Å². The van der Waals surface area contributed by atoms with E-state index in [4.69, 9.17) is 0 Å². The van der Waals surface area contributed by atoms with Crippen LogP contribution in [0.2, 0.25) is 0 Å². The Morgan fingerprint density at radius 3 is 1.88 bits per heavy atom. The standard InChI is InChI=1S/C35H36N2O4/c1-24-12-16-27(17-13-24)20-22-37(23-21-33(38)39)35(41)32-11-7-5-9-30(32)29-8-4-6-10-31(29)34(40)36-26(3)28-18-14-25(2)15-19-28/h4-19,26H,20-23H2,1-3H3,(H,36,40)(H,38,39)/t26-/m1/s1. The number of amides is 2. The fourth-order valence-corrected chi connectivity index (χ4v) is 4.77. The predicted octanol–water partition coefficient (Wildman–Crippen LogP) is 6.62. The van der Waals surface area contributed by atoms with Gasteiger partial charge in [0.05, 0.1) is 12.5 Å². The average molecular weight is 549 g/mol. The first-order chi connectivity index (χ1) is 19.7. The summed E-state index contributed by atoms with van der Waals surface area (Å²) in [6, 6.07) is 30.4. The molecule has 0 saturated heterocycles. The van der Waals surface area contributed by atoms with Crippen LogP contribution in [-0.2, 0) is 11.2 Å². The molecule has 0 spiro atoms. The maximum Gasteiger partial charge on any atom is 0.305 e. The Balaban J connectivity index is 1.62. The molecule has 0 saturated carbocycles. The zero-order valence-corrected chi connectivity index (χ0v) is 23.8. The number of carbonyl (C=O) groups is 3. The summed E-state index contributed by atoms with van der Waals surface area (Å²) in [5, 5.41) is 12.4. The van der Waals surface area contributed by atoms with Gasteiger partial charge in [-0.1, -0.05) is 96.1 Å². The quantitative estimate of drug-likeness (QED) is 0.221. The summed E-state index contributed by atoms with van der Waals surface area (Å²) < 4.78 is 0. The Kier molecular flexibility index (Phi) is 9.69. The van der Waals surface area contributed by atoms with Crippen molar-refractivity contribution in [3.63, 3.8) is 0 Å². The maximum absolute atomic E-state index is 13.9. The van der Waals surface area contributed by atoms with Gasteiger partial charge in [0.1, 0.15) is 0 Å². The van der Waals surface area contributed by atoms with Crippen molar-refractivity contribution in [1.29, 1.82) is 0 Å². The molecule has 0 aromatic heterocycles. The highest BCUT2D eigenvalue weighted by Crippen LogP contribution is 2.29. The second kappa shape index (κ2) is 13.6. The van der Waals surface area contributed by atoms with E-state index in [2.05, 4.69) is 5.32 Å². The number of nitrogens with one attached hydrogen (secondary N) is 1. The van der Waals surface area contributed by atoms with E-state index in [9.17, 15) is 19.5 Å². The van der Waals surface area contributed by atoms with Gasteiger partial charge in [0.15, 0.2) is 0 Å². The van der Waals surface area contributed by atoms with Gasteiger partial charge in [-0.05, 0) is 61.6 Å². The van der Waals surface area contributed by atoms with E-state index in [-0.39, 0.29) is 30.8 Å². The van der Waals surface area contributed by atoms with Crippen molar-refractivity contribution >= 4 is 17.8 Å². The lowest BCUT2D eigenvalue weighted by molar-refractivity contribution is -0.137. The molecule has 0 unspecified atom stereocenters. The van der Waals surface area contributed by atoms with Gasteiger partial charge in [0.2, 0.25) is 0 Å². The number of carboxylic acids is 1. The highest BCUT2D eigenvalue weighted by atomic mass is 16.4. The molecule has 1 atom stereocenters. The molecule has 210 valence electrons. The Morgan fingerprint density at radius 1 is 0.732 bits per heavy atom. The van der Waals surface area contributed by atoms with Crippen molar-refractivity contribution < 1.29 is 19.5 Å². The summed E-state index contributed by atoms with van der Waals surface area (Å²) in [6.45, 7) is 6.44. The van der Waals surface area contributed by atoms with E-state index >= 15 is 0 Å². The molecule has 0 bridgehead atoms. The van der Waals surface area contributed by atoms with E-state index in [1.165, 1.54) is 0 Å². The lowest BCUT2D eigenvalue weighted by Gasteiger charge is -2.24. The Morgan fingerprint density at radius 2 is 1.27 bits per heavy atom. The van der Waals surface area contributed by atoms with Crippen LogP contribution in [0.15, 0.2) is 97.1 Å². The molecule has 4 aromatic rings. The van der Waals surface area contributed by atoms with Gasteiger partial charge in [-0.15, -0.1) is 0 Å². The first kappa shape index (κ1) is 29.3. The van der Waals surface area contributed by atoms with Gasteiger partial charge in [0, 0.05) is 24.2 Å². The summed E-state index contributed by atoms with van der Waals surface area (Å²) in [4.78, 5) is 40.4. The van der Waals surface area contributed by atoms with Crippen LogP contribution in [0.1, 0.15) is 62.4 Å². The molecule has 0 aliphatic rings. The number of hydrogen-bond donors (Lipinski definition) is 2. The maximum atomic E-state index is 13.9. The van der Waals surface area contributed by atoms with Crippen LogP contribution in [-0.4, -0.2) is 40.9 Å². The number of benzene rings is 4. The number of aliphatic carboxylic acids is 1. The van der Waals surface area contributed by atoms with Crippen LogP contribution in [0.25, 0.3) is 11.1 Å². The van der Waals surface area contributed by atoms with Gasteiger partial charge in [-0.2, -0.15) is 0 Å². The summed E-state index contributed by atoms with van der Waals surface area (Å²) >= 11 is 0. The molecule has 6 heteroatoms. The molecule has 0 radical (unpaired) electrons. The smallest absolute Gasteiger partial charge is 0.305 e. The molecule has 4 rings (SSSR count). The molecule has 4 aromatic carbocycles. The van der Waals surface area contributed by atoms with Crippen LogP contribution in [0.5, 0.6) is 0 Å². The number of nitrogens with zero attached hydrogens (tertiary/aromatic N) is 1. The molecular weight excluding hydrogens is 512 g/mol. The number of hydrogen-bond acceptors (Lipinski definition) is 3. The minimum atomic E-state index is -0.962.